The predicted molar refractivity (Wildman–Crippen MR) is 82.7 cm³/mol. The van der Waals surface area contributed by atoms with Crippen LogP contribution in [0.2, 0.25) is 0 Å². The summed E-state index contributed by atoms with van der Waals surface area (Å²) < 4.78 is 35.4. The average Bonchev–Trinajstić information content (AvgIpc) is 2.75. The van der Waals surface area contributed by atoms with E-state index in [-0.39, 0.29) is 0 Å². The molecule has 1 heterocycles. The van der Waals surface area contributed by atoms with Gasteiger partial charge in [0, 0.05) is 11.1 Å². The fourth-order valence-corrected chi connectivity index (χ4v) is 2.16. The van der Waals surface area contributed by atoms with Crippen LogP contribution >= 0.6 is 0 Å². The highest BCUT2D eigenvalue weighted by molar-refractivity contribution is 7.80. The van der Waals surface area contributed by atoms with E-state index < -0.39 is 10.4 Å². The Labute approximate surface area is 131 Å². The first-order chi connectivity index (χ1) is 10.3. The molecule has 0 amide bonds. The van der Waals surface area contributed by atoms with Crippen LogP contribution in [0.4, 0.5) is 0 Å². The molecule has 0 saturated heterocycles. The molecule has 0 aliphatic carbocycles. The van der Waals surface area contributed by atoms with Gasteiger partial charge in [0.05, 0.1) is 14.2 Å². The molecule has 1 aromatic heterocycles. The highest BCUT2D eigenvalue weighted by atomic mass is 32.3. The molecule has 0 atom stereocenters. The third-order valence-electron chi connectivity index (χ3n) is 3.21. The summed E-state index contributed by atoms with van der Waals surface area (Å²) in [5.41, 5.74) is 4.07. The summed E-state index contributed by atoms with van der Waals surface area (Å²) in [7, 11) is 0.597. The van der Waals surface area contributed by atoms with Gasteiger partial charge in [-0.15, -0.1) is 4.68 Å². The summed E-state index contributed by atoms with van der Waals surface area (Å²) in [6, 6.07) is 10.6. The third kappa shape index (κ3) is 5.25. The van der Waals surface area contributed by atoms with Crippen LogP contribution in [-0.2, 0) is 35.1 Å². The highest BCUT2D eigenvalue weighted by Gasteiger charge is 2.16. The summed E-state index contributed by atoms with van der Waals surface area (Å²) >= 11 is 0. The van der Waals surface area contributed by atoms with E-state index in [0.717, 1.165) is 13.5 Å². The molecule has 0 unspecified atom stereocenters. The van der Waals surface area contributed by atoms with Crippen LogP contribution in [0, 0.1) is 0 Å². The molecule has 2 aromatic rings. The van der Waals surface area contributed by atoms with E-state index in [4.69, 9.17) is 0 Å². The summed E-state index contributed by atoms with van der Waals surface area (Å²) in [6.45, 7) is 2.22. The van der Waals surface area contributed by atoms with Crippen molar-refractivity contribution in [2.45, 2.75) is 19.8 Å². The molecule has 0 fully saturated rings. The lowest BCUT2D eigenvalue weighted by atomic mass is 10.1. The first-order valence-corrected chi connectivity index (χ1v) is 8.24. The number of aromatic nitrogens is 2. The van der Waals surface area contributed by atoms with Crippen molar-refractivity contribution in [3.63, 3.8) is 0 Å². The van der Waals surface area contributed by atoms with Gasteiger partial charge in [-0.05, 0) is 6.42 Å². The molecule has 22 heavy (non-hydrogen) atoms. The van der Waals surface area contributed by atoms with Gasteiger partial charge in [0.15, 0.2) is 13.2 Å². The van der Waals surface area contributed by atoms with Crippen LogP contribution in [0.1, 0.15) is 18.9 Å². The Balaban J connectivity index is 0.000000346. The Kier molecular flexibility index (Phi) is 6.73. The predicted octanol–water partition coefficient (Wildman–Crippen LogP) is 1.56. The van der Waals surface area contributed by atoms with Gasteiger partial charge in [-0.25, -0.2) is 8.42 Å². The summed E-state index contributed by atoms with van der Waals surface area (Å²) in [5.74, 6) is 0. The second kappa shape index (κ2) is 8.07. The lowest BCUT2D eigenvalue weighted by Crippen LogP contribution is -2.36. The minimum Gasteiger partial charge on any atom is -0.726 e. The van der Waals surface area contributed by atoms with Crippen molar-refractivity contribution < 1.29 is 21.8 Å². The minimum absolute atomic E-state index is 0.808. The van der Waals surface area contributed by atoms with Crippen LogP contribution in [0.25, 0.3) is 11.3 Å². The molecule has 0 spiro atoms. The molecular weight excluding hydrogens is 304 g/mol. The van der Waals surface area contributed by atoms with Crippen molar-refractivity contribution in [3.8, 4) is 11.3 Å². The fraction of sp³-hybridized carbons (Fsp3) is 0.400. The van der Waals surface area contributed by atoms with Crippen LogP contribution in [0.3, 0.4) is 0 Å². The zero-order chi connectivity index (χ0) is 16.8. The van der Waals surface area contributed by atoms with Gasteiger partial charge in [-0.3, -0.25) is 4.18 Å². The molecule has 2 rings (SSSR count). The monoisotopic (exact) mass is 326 g/mol. The molecular formula is C15H22N2O4S. The second-order valence-electron chi connectivity index (χ2n) is 4.79. The van der Waals surface area contributed by atoms with Crippen molar-refractivity contribution in [2.75, 3.05) is 7.11 Å². The largest absolute Gasteiger partial charge is 0.726 e. The summed E-state index contributed by atoms with van der Waals surface area (Å²) in [5, 5.41) is 0. The van der Waals surface area contributed by atoms with Crippen molar-refractivity contribution in [2.24, 2.45) is 14.1 Å². The molecule has 1 aromatic carbocycles. The molecule has 0 aliphatic rings. The van der Waals surface area contributed by atoms with E-state index in [1.807, 2.05) is 0 Å². The smallest absolute Gasteiger partial charge is 0.217 e. The van der Waals surface area contributed by atoms with Gasteiger partial charge in [-0.2, -0.15) is 4.68 Å². The molecule has 6 nitrogen and oxygen atoms in total. The Morgan fingerprint density at radius 1 is 1.27 bits per heavy atom. The number of aryl methyl sites for hydroxylation is 2. The molecule has 122 valence electrons. The lowest BCUT2D eigenvalue weighted by molar-refractivity contribution is -0.750. The number of hydrogen-bond acceptors (Lipinski definition) is 4. The van der Waals surface area contributed by atoms with Gasteiger partial charge < -0.3 is 4.55 Å². The molecule has 0 bridgehead atoms. The minimum atomic E-state index is -4.41. The standard InChI is InChI=1S/C14H19N2.CH4O4S/c1-4-8-13-11-15(2)16(3)14(13)12-9-6-5-7-10-12;1-5-6(2,3)4/h5-7,9-11H,4,8H2,1-3H3;1H3,(H,2,3,4)/q+1;/p-1. The number of hydrogen-bond donors (Lipinski definition) is 0. The van der Waals surface area contributed by atoms with Gasteiger partial charge in [-0.1, -0.05) is 43.7 Å². The van der Waals surface area contributed by atoms with Crippen molar-refractivity contribution in [1.82, 2.24) is 4.68 Å². The van der Waals surface area contributed by atoms with Crippen molar-refractivity contribution >= 4 is 10.4 Å². The van der Waals surface area contributed by atoms with E-state index in [0.29, 0.717) is 0 Å². The Bertz CT molecular complexity index is 694. The lowest BCUT2D eigenvalue weighted by Gasteiger charge is -2.02. The third-order valence-corrected chi connectivity index (χ3v) is 3.62. The topological polar surface area (TPSA) is 75.2 Å². The number of rotatable bonds is 4. The van der Waals surface area contributed by atoms with E-state index in [9.17, 15) is 13.0 Å². The number of benzene rings is 1. The first kappa shape index (κ1) is 18.3. The van der Waals surface area contributed by atoms with Crippen LogP contribution in [0.5, 0.6) is 0 Å². The van der Waals surface area contributed by atoms with Crippen LogP contribution in [-0.4, -0.2) is 24.8 Å². The van der Waals surface area contributed by atoms with Crippen molar-refractivity contribution in [3.05, 3.63) is 42.1 Å². The maximum atomic E-state index is 9.22. The fourth-order valence-electron chi connectivity index (χ4n) is 2.16. The van der Waals surface area contributed by atoms with E-state index >= 15 is 0 Å². The van der Waals surface area contributed by atoms with Gasteiger partial charge in [0.25, 0.3) is 0 Å². The molecule has 0 aliphatic heterocycles. The maximum absolute atomic E-state index is 9.22. The van der Waals surface area contributed by atoms with Gasteiger partial charge in [0.1, 0.15) is 5.69 Å². The molecule has 0 N–H and O–H groups in total. The SMILES string of the molecule is CCCc1c[n+](C)n(C)c1-c1ccccc1.COS(=O)(=O)[O-]. The Morgan fingerprint density at radius 2 is 1.82 bits per heavy atom. The van der Waals surface area contributed by atoms with Crippen molar-refractivity contribution in [1.29, 1.82) is 0 Å². The van der Waals surface area contributed by atoms with E-state index in [1.165, 1.54) is 23.2 Å². The van der Waals surface area contributed by atoms with Crippen LogP contribution < -0.4 is 4.68 Å². The highest BCUT2D eigenvalue weighted by Crippen LogP contribution is 2.22. The Hall–Kier alpha value is -1.70. The van der Waals surface area contributed by atoms with E-state index in [1.54, 1.807) is 0 Å². The zero-order valence-corrected chi connectivity index (χ0v) is 14.1. The Morgan fingerprint density at radius 3 is 2.27 bits per heavy atom. The van der Waals surface area contributed by atoms with Crippen LogP contribution in [0.15, 0.2) is 36.5 Å². The van der Waals surface area contributed by atoms with E-state index in [2.05, 4.69) is 71.1 Å². The zero-order valence-electron chi connectivity index (χ0n) is 13.3. The van der Waals surface area contributed by atoms with Gasteiger partial charge >= 0.3 is 0 Å². The molecule has 7 heteroatoms. The van der Waals surface area contributed by atoms with Gasteiger partial charge in [0.2, 0.25) is 10.4 Å². The molecule has 0 radical (unpaired) electrons. The normalized spacial score (nSPS) is 11.0. The average molecular weight is 326 g/mol. The maximum Gasteiger partial charge on any atom is 0.217 e. The first-order valence-electron chi connectivity index (χ1n) is 6.91. The molecule has 0 saturated carbocycles. The summed E-state index contributed by atoms with van der Waals surface area (Å²) in [6.07, 6.45) is 4.55. The summed E-state index contributed by atoms with van der Waals surface area (Å²) in [4.78, 5) is 0. The number of nitrogens with zero attached hydrogens (tertiary/aromatic N) is 2. The second-order valence-corrected chi connectivity index (χ2v) is 5.94. The quantitative estimate of drug-likeness (QED) is 0.485.